The molecule has 3 heteroatoms. The summed E-state index contributed by atoms with van der Waals surface area (Å²) >= 11 is 1.79. The maximum absolute atomic E-state index is 12.8. The lowest BCUT2D eigenvalue weighted by molar-refractivity contribution is 0.0951. The fourth-order valence-corrected chi connectivity index (χ4v) is 4.27. The highest BCUT2D eigenvalue weighted by atomic mass is 32.1. The zero-order valence-corrected chi connectivity index (χ0v) is 12.0. The molecule has 20 heavy (non-hydrogen) atoms. The molecule has 0 saturated heterocycles. The molecular weight excluding hydrogens is 268 g/mol. The smallest absolute Gasteiger partial charge is 0.170 e. The first-order chi connectivity index (χ1) is 9.83. The number of rotatable bonds is 2. The number of benzene rings is 1. The van der Waals surface area contributed by atoms with Crippen molar-refractivity contribution >= 4 is 17.1 Å². The molecule has 2 aliphatic rings. The summed E-state index contributed by atoms with van der Waals surface area (Å²) in [6.45, 7) is 1.33. The number of Topliss-reactive ketones (excluding diaryl/α,β-unsaturated/α-hetero) is 1. The second-order valence-corrected chi connectivity index (χ2v) is 6.59. The lowest BCUT2D eigenvalue weighted by Crippen LogP contribution is -2.17. The molecule has 4 rings (SSSR count). The first-order valence-corrected chi connectivity index (χ1v) is 8.01. The van der Waals surface area contributed by atoms with E-state index in [1.807, 2.05) is 18.2 Å². The van der Waals surface area contributed by atoms with Crippen LogP contribution in [0.25, 0.3) is 0 Å². The van der Waals surface area contributed by atoms with Gasteiger partial charge in [-0.1, -0.05) is 12.1 Å². The standard InChI is InChI=1S/C17H16O2S/c18-17(11-4-5-12-9-19-10-13(12)8-11)15-2-1-3-16-14(15)6-7-20-16/h4-8,15H,1-3,9-10H2. The molecule has 0 radical (unpaired) electrons. The molecular formula is C17H16O2S. The molecule has 0 bridgehead atoms. The number of thiophene rings is 1. The average molecular weight is 284 g/mol. The van der Waals surface area contributed by atoms with Gasteiger partial charge in [0.15, 0.2) is 5.78 Å². The van der Waals surface area contributed by atoms with E-state index < -0.39 is 0 Å². The van der Waals surface area contributed by atoms with E-state index in [9.17, 15) is 4.79 Å². The maximum atomic E-state index is 12.8. The zero-order valence-electron chi connectivity index (χ0n) is 11.2. The molecule has 0 spiro atoms. The number of carbonyl (C=O) groups excluding carboxylic acids is 1. The van der Waals surface area contributed by atoms with Crippen LogP contribution >= 0.6 is 11.3 Å². The van der Waals surface area contributed by atoms with E-state index in [1.54, 1.807) is 11.3 Å². The van der Waals surface area contributed by atoms with E-state index in [0.717, 1.165) is 24.8 Å². The van der Waals surface area contributed by atoms with Crippen LogP contribution in [0.3, 0.4) is 0 Å². The molecule has 0 fully saturated rings. The summed E-state index contributed by atoms with van der Waals surface area (Å²) in [5.41, 5.74) is 4.51. The molecule has 1 atom stereocenters. The molecule has 1 aliphatic carbocycles. The highest BCUT2D eigenvalue weighted by Crippen LogP contribution is 2.37. The maximum Gasteiger partial charge on any atom is 0.170 e. The van der Waals surface area contributed by atoms with Gasteiger partial charge in [0, 0.05) is 16.4 Å². The average Bonchev–Trinajstić information content (AvgIpc) is 3.13. The molecule has 0 saturated carbocycles. The Morgan fingerprint density at radius 2 is 2.10 bits per heavy atom. The predicted octanol–water partition coefficient (Wildman–Crippen LogP) is 4.08. The van der Waals surface area contributed by atoms with Crippen molar-refractivity contribution in [1.82, 2.24) is 0 Å². The lowest BCUT2D eigenvalue weighted by atomic mass is 9.82. The third kappa shape index (κ3) is 1.93. The molecule has 1 aromatic heterocycles. The van der Waals surface area contributed by atoms with Gasteiger partial charge in [-0.25, -0.2) is 0 Å². The summed E-state index contributed by atoms with van der Waals surface area (Å²) in [6, 6.07) is 8.19. The number of hydrogen-bond donors (Lipinski definition) is 0. The SMILES string of the molecule is O=C(c1ccc2c(c1)COC2)C1CCCc2sccc21. The Morgan fingerprint density at radius 1 is 1.20 bits per heavy atom. The molecule has 2 heterocycles. The Hall–Kier alpha value is -1.45. The number of ether oxygens (including phenoxy) is 1. The van der Waals surface area contributed by atoms with Crippen LogP contribution in [0.4, 0.5) is 0 Å². The molecule has 1 unspecified atom stereocenters. The number of carbonyl (C=O) groups is 1. The van der Waals surface area contributed by atoms with Crippen LogP contribution in [0, 0.1) is 0 Å². The van der Waals surface area contributed by atoms with Crippen molar-refractivity contribution in [1.29, 1.82) is 0 Å². The highest BCUT2D eigenvalue weighted by molar-refractivity contribution is 7.10. The summed E-state index contributed by atoms with van der Waals surface area (Å²) in [6.07, 6.45) is 3.24. The van der Waals surface area contributed by atoms with E-state index in [0.29, 0.717) is 13.2 Å². The summed E-state index contributed by atoms with van der Waals surface area (Å²) in [7, 11) is 0. The van der Waals surface area contributed by atoms with Crippen molar-refractivity contribution in [3.63, 3.8) is 0 Å². The largest absolute Gasteiger partial charge is 0.372 e. The molecule has 0 N–H and O–H groups in total. The van der Waals surface area contributed by atoms with Gasteiger partial charge in [0.25, 0.3) is 0 Å². The monoisotopic (exact) mass is 284 g/mol. The van der Waals surface area contributed by atoms with Crippen LogP contribution in [0.2, 0.25) is 0 Å². The molecule has 1 aromatic carbocycles. The van der Waals surface area contributed by atoms with Crippen LogP contribution in [0.1, 0.15) is 50.7 Å². The van der Waals surface area contributed by atoms with Gasteiger partial charge >= 0.3 is 0 Å². The Bertz CT molecular complexity index is 671. The van der Waals surface area contributed by atoms with E-state index in [1.165, 1.54) is 21.6 Å². The molecule has 102 valence electrons. The van der Waals surface area contributed by atoms with Gasteiger partial charge in [-0.05, 0) is 53.5 Å². The van der Waals surface area contributed by atoms with Crippen LogP contribution < -0.4 is 0 Å². The van der Waals surface area contributed by atoms with Crippen molar-refractivity contribution in [2.24, 2.45) is 0 Å². The highest BCUT2D eigenvalue weighted by Gasteiger charge is 2.28. The minimum Gasteiger partial charge on any atom is -0.372 e. The Kier molecular flexibility index (Phi) is 2.97. The minimum absolute atomic E-state index is 0.0605. The lowest BCUT2D eigenvalue weighted by Gasteiger charge is -2.21. The summed E-state index contributed by atoms with van der Waals surface area (Å²) in [4.78, 5) is 14.2. The summed E-state index contributed by atoms with van der Waals surface area (Å²) in [5.74, 6) is 0.337. The fourth-order valence-electron chi connectivity index (χ4n) is 3.29. The van der Waals surface area contributed by atoms with Crippen LogP contribution in [-0.2, 0) is 24.4 Å². The van der Waals surface area contributed by atoms with Gasteiger partial charge in [-0.15, -0.1) is 11.3 Å². The fraction of sp³-hybridized carbons (Fsp3) is 0.353. The van der Waals surface area contributed by atoms with Crippen molar-refractivity contribution in [2.45, 2.75) is 38.4 Å². The van der Waals surface area contributed by atoms with Gasteiger partial charge < -0.3 is 4.74 Å². The Balaban J connectivity index is 1.69. The second kappa shape index (κ2) is 4.83. The third-order valence-electron chi connectivity index (χ3n) is 4.37. The van der Waals surface area contributed by atoms with Crippen LogP contribution in [0.15, 0.2) is 29.6 Å². The van der Waals surface area contributed by atoms with Gasteiger partial charge in [-0.3, -0.25) is 4.79 Å². The van der Waals surface area contributed by atoms with Crippen molar-refractivity contribution < 1.29 is 9.53 Å². The summed E-state index contributed by atoms with van der Waals surface area (Å²) in [5, 5.41) is 2.12. The first kappa shape index (κ1) is 12.3. The predicted molar refractivity (Wildman–Crippen MR) is 79.3 cm³/mol. The van der Waals surface area contributed by atoms with Crippen LogP contribution in [0.5, 0.6) is 0 Å². The number of ketones is 1. The van der Waals surface area contributed by atoms with Crippen molar-refractivity contribution in [3.8, 4) is 0 Å². The van der Waals surface area contributed by atoms with Gasteiger partial charge in [0.2, 0.25) is 0 Å². The van der Waals surface area contributed by atoms with Crippen molar-refractivity contribution in [3.05, 3.63) is 56.8 Å². The van der Waals surface area contributed by atoms with E-state index in [-0.39, 0.29) is 11.7 Å². The van der Waals surface area contributed by atoms with Gasteiger partial charge in [0.05, 0.1) is 13.2 Å². The first-order valence-electron chi connectivity index (χ1n) is 7.13. The third-order valence-corrected chi connectivity index (χ3v) is 5.37. The number of fused-ring (bicyclic) bond motifs is 2. The molecule has 2 nitrogen and oxygen atoms in total. The molecule has 1 aliphatic heterocycles. The molecule has 2 aromatic rings. The molecule has 0 amide bonds. The number of hydrogen-bond acceptors (Lipinski definition) is 3. The minimum atomic E-state index is 0.0605. The Labute approximate surface area is 122 Å². The second-order valence-electron chi connectivity index (χ2n) is 5.58. The summed E-state index contributed by atoms with van der Waals surface area (Å²) < 4.78 is 5.43. The Morgan fingerprint density at radius 3 is 3.05 bits per heavy atom. The topological polar surface area (TPSA) is 26.3 Å². The quantitative estimate of drug-likeness (QED) is 0.777. The zero-order chi connectivity index (χ0) is 13.5. The van der Waals surface area contributed by atoms with Crippen molar-refractivity contribution in [2.75, 3.05) is 0 Å². The van der Waals surface area contributed by atoms with Gasteiger partial charge in [0.1, 0.15) is 0 Å². The van der Waals surface area contributed by atoms with Gasteiger partial charge in [-0.2, -0.15) is 0 Å². The van der Waals surface area contributed by atoms with E-state index in [4.69, 9.17) is 4.74 Å². The van der Waals surface area contributed by atoms with Crippen LogP contribution in [-0.4, -0.2) is 5.78 Å². The van der Waals surface area contributed by atoms with E-state index >= 15 is 0 Å². The number of aryl methyl sites for hydroxylation is 1. The van der Waals surface area contributed by atoms with E-state index in [2.05, 4.69) is 11.4 Å². The normalized spacial score (nSPS) is 20.5.